The van der Waals surface area contributed by atoms with Gasteiger partial charge in [-0.25, -0.2) is 13.2 Å². The van der Waals surface area contributed by atoms with Crippen LogP contribution < -0.4 is 9.47 Å². The van der Waals surface area contributed by atoms with Crippen LogP contribution in [0.2, 0.25) is 0 Å². The second kappa shape index (κ2) is 12.9. The summed E-state index contributed by atoms with van der Waals surface area (Å²) in [5, 5.41) is 0. The van der Waals surface area contributed by atoms with Crippen LogP contribution in [0.5, 0.6) is 11.5 Å². The molecule has 1 atom stereocenters. The van der Waals surface area contributed by atoms with Gasteiger partial charge in [-0.1, -0.05) is 12.1 Å². The zero-order valence-corrected chi connectivity index (χ0v) is 23.6. The molecule has 0 saturated heterocycles. The third kappa shape index (κ3) is 7.55. The lowest BCUT2D eigenvalue weighted by atomic mass is 9.61. The molecule has 39 heavy (non-hydrogen) atoms. The van der Waals surface area contributed by atoms with E-state index in [1.165, 1.54) is 19.1 Å². The Balaban J connectivity index is 1.85. The van der Waals surface area contributed by atoms with Crippen LogP contribution in [0, 0.1) is 18.2 Å². The number of aryl methyl sites for hydroxylation is 1. The first-order valence-corrected chi connectivity index (χ1v) is 13.7. The summed E-state index contributed by atoms with van der Waals surface area (Å²) in [6.07, 6.45) is 0.679. The Kier molecular flexibility index (Phi) is 10.1. The SMILES string of the molecule is CCOc1cc(C(C)N(CCCCc2ccc(F)cc2)C(=O)CC2(C(C)=O)CC(F)(F)C2)cc(OCC)c1C. The maximum atomic E-state index is 13.8. The van der Waals surface area contributed by atoms with E-state index in [1.807, 2.05) is 39.8 Å². The van der Waals surface area contributed by atoms with Crippen molar-refractivity contribution in [3.05, 3.63) is 58.9 Å². The number of hydrogen-bond donors (Lipinski definition) is 0. The van der Waals surface area contributed by atoms with Gasteiger partial charge in [0.2, 0.25) is 11.8 Å². The van der Waals surface area contributed by atoms with E-state index in [0.29, 0.717) is 44.1 Å². The first-order chi connectivity index (χ1) is 18.4. The van der Waals surface area contributed by atoms with Crippen LogP contribution in [0.3, 0.4) is 0 Å². The minimum atomic E-state index is -2.92. The highest BCUT2D eigenvalue weighted by Gasteiger charge is 2.60. The van der Waals surface area contributed by atoms with E-state index in [4.69, 9.17) is 9.47 Å². The molecule has 0 bridgehead atoms. The van der Waals surface area contributed by atoms with Gasteiger partial charge in [0, 0.05) is 36.8 Å². The van der Waals surface area contributed by atoms with Gasteiger partial charge in [-0.2, -0.15) is 0 Å². The topological polar surface area (TPSA) is 55.8 Å². The molecule has 3 rings (SSSR count). The summed E-state index contributed by atoms with van der Waals surface area (Å²) in [4.78, 5) is 27.8. The minimum Gasteiger partial charge on any atom is -0.493 e. The third-order valence-electron chi connectivity index (χ3n) is 7.66. The minimum absolute atomic E-state index is 0.247. The molecule has 2 aromatic rings. The van der Waals surface area contributed by atoms with E-state index in [0.717, 1.165) is 23.1 Å². The Morgan fingerprint density at radius 2 is 1.56 bits per heavy atom. The summed E-state index contributed by atoms with van der Waals surface area (Å²) in [6, 6.07) is 9.70. The van der Waals surface area contributed by atoms with Gasteiger partial charge in [-0.3, -0.25) is 9.59 Å². The Morgan fingerprint density at radius 1 is 1.00 bits per heavy atom. The lowest BCUT2D eigenvalue weighted by molar-refractivity contribution is -0.181. The van der Waals surface area contributed by atoms with E-state index in [1.54, 1.807) is 17.0 Å². The van der Waals surface area contributed by atoms with Crippen LogP contribution in [0.4, 0.5) is 13.2 Å². The molecule has 214 valence electrons. The number of alkyl halides is 2. The molecule has 0 N–H and O–H groups in total. The molecule has 0 heterocycles. The number of ether oxygens (including phenoxy) is 2. The predicted molar refractivity (Wildman–Crippen MR) is 145 cm³/mol. The number of carbonyl (C=O) groups excluding carboxylic acids is 2. The largest absolute Gasteiger partial charge is 0.493 e. The number of unbranched alkanes of at least 4 members (excludes halogenated alkanes) is 1. The van der Waals surface area contributed by atoms with Gasteiger partial charge in [0.25, 0.3) is 0 Å². The number of ketones is 1. The second-order valence-electron chi connectivity index (χ2n) is 10.6. The second-order valence-corrected chi connectivity index (χ2v) is 10.6. The average Bonchev–Trinajstić information content (AvgIpc) is 2.85. The number of amides is 1. The number of carbonyl (C=O) groups is 2. The fourth-order valence-corrected chi connectivity index (χ4v) is 5.34. The average molecular weight is 548 g/mol. The van der Waals surface area contributed by atoms with Gasteiger partial charge in [0.1, 0.15) is 23.1 Å². The quantitative estimate of drug-likeness (QED) is 0.234. The highest BCUT2D eigenvalue weighted by atomic mass is 19.3. The van der Waals surface area contributed by atoms with Crippen molar-refractivity contribution in [3.63, 3.8) is 0 Å². The third-order valence-corrected chi connectivity index (χ3v) is 7.66. The molecule has 2 aromatic carbocycles. The van der Waals surface area contributed by atoms with Crippen molar-refractivity contribution >= 4 is 11.7 Å². The summed E-state index contributed by atoms with van der Waals surface area (Å²) < 4.78 is 52.6. The predicted octanol–water partition coefficient (Wildman–Crippen LogP) is 7.24. The van der Waals surface area contributed by atoms with Crippen molar-refractivity contribution in [2.75, 3.05) is 19.8 Å². The van der Waals surface area contributed by atoms with Crippen LogP contribution in [-0.4, -0.2) is 42.3 Å². The fraction of sp³-hybridized carbons (Fsp3) is 0.548. The Labute approximate surface area is 229 Å². The van der Waals surface area contributed by atoms with Gasteiger partial charge in [-0.05, 0) is 89.3 Å². The van der Waals surface area contributed by atoms with Crippen LogP contribution in [-0.2, 0) is 16.0 Å². The molecular formula is C31H40F3NO4. The lowest BCUT2D eigenvalue weighted by Crippen LogP contribution is -2.53. The van der Waals surface area contributed by atoms with Crippen molar-refractivity contribution in [1.82, 2.24) is 4.90 Å². The van der Waals surface area contributed by atoms with Gasteiger partial charge in [-0.15, -0.1) is 0 Å². The highest BCUT2D eigenvalue weighted by molar-refractivity contribution is 5.90. The molecule has 8 heteroatoms. The lowest BCUT2D eigenvalue weighted by Gasteiger charge is -2.46. The van der Waals surface area contributed by atoms with E-state index in [9.17, 15) is 22.8 Å². The van der Waals surface area contributed by atoms with Crippen molar-refractivity contribution in [1.29, 1.82) is 0 Å². The molecule has 1 saturated carbocycles. The fourth-order valence-electron chi connectivity index (χ4n) is 5.34. The number of benzene rings is 2. The Bertz CT molecular complexity index is 1110. The molecule has 0 radical (unpaired) electrons. The molecular weight excluding hydrogens is 507 g/mol. The van der Waals surface area contributed by atoms with Crippen LogP contribution in [0.15, 0.2) is 36.4 Å². The standard InChI is InChI=1S/C31H40F3NO4/c1-6-38-27-16-25(17-28(21(27)3)39-7-2)22(4)35(15-9-8-10-24-11-13-26(32)14-12-24)29(37)18-30(23(5)36)19-31(33,34)20-30/h11-14,16-17,22H,6-10,15,18-20H2,1-5H3. The molecule has 5 nitrogen and oxygen atoms in total. The smallest absolute Gasteiger partial charge is 0.250 e. The van der Waals surface area contributed by atoms with Crippen LogP contribution in [0.25, 0.3) is 0 Å². The maximum absolute atomic E-state index is 13.8. The number of nitrogens with zero attached hydrogens (tertiary/aromatic N) is 1. The summed E-state index contributed by atoms with van der Waals surface area (Å²) in [7, 11) is 0. The maximum Gasteiger partial charge on any atom is 0.250 e. The Morgan fingerprint density at radius 3 is 2.05 bits per heavy atom. The van der Waals surface area contributed by atoms with Gasteiger partial charge in [0.15, 0.2) is 0 Å². The van der Waals surface area contributed by atoms with E-state index in [-0.39, 0.29) is 23.9 Å². The zero-order chi connectivity index (χ0) is 28.8. The first-order valence-electron chi connectivity index (χ1n) is 13.7. The first kappa shape index (κ1) is 30.5. The van der Waals surface area contributed by atoms with Crippen LogP contribution in [0.1, 0.15) is 82.5 Å². The number of Topliss-reactive ketones (excluding diaryl/α,β-unsaturated/α-hetero) is 1. The van der Waals surface area contributed by atoms with Crippen molar-refractivity contribution in [3.8, 4) is 11.5 Å². The summed E-state index contributed by atoms with van der Waals surface area (Å²) in [6.45, 7) is 10.2. The summed E-state index contributed by atoms with van der Waals surface area (Å²) >= 11 is 0. The molecule has 1 unspecified atom stereocenters. The van der Waals surface area contributed by atoms with E-state index < -0.39 is 30.2 Å². The van der Waals surface area contributed by atoms with E-state index >= 15 is 0 Å². The molecule has 0 aromatic heterocycles. The molecule has 0 spiro atoms. The van der Waals surface area contributed by atoms with Gasteiger partial charge in [0.05, 0.1) is 19.3 Å². The normalized spacial score (nSPS) is 16.2. The molecule has 1 fully saturated rings. The molecule has 1 aliphatic carbocycles. The number of halogens is 3. The Hall–Kier alpha value is -3.03. The van der Waals surface area contributed by atoms with Crippen molar-refractivity contribution < 1.29 is 32.2 Å². The molecule has 1 aliphatic rings. The zero-order valence-electron chi connectivity index (χ0n) is 23.6. The van der Waals surface area contributed by atoms with Crippen LogP contribution >= 0.6 is 0 Å². The van der Waals surface area contributed by atoms with Crippen molar-refractivity contribution in [2.45, 2.75) is 85.1 Å². The highest BCUT2D eigenvalue weighted by Crippen LogP contribution is 2.55. The molecule has 1 amide bonds. The van der Waals surface area contributed by atoms with Crippen molar-refractivity contribution in [2.24, 2.45) is 5.41 Å². The number of rotatable bonds is 14. The summed E-state index contributed by atoms with van der Waals surface area (Å²) in [5.74, 6) is -2.60. The van der Waals surface area contributed by atoms with E-state index in [2.05, 4.69) is 0 Å². The molecule has 0 aliphatic heterocycles. The summed E-state index contributed by atoms with van der Waals surface area (Å²) in [5.41, 5.74) is 1.33. The van der Waals surface area contributed by atoms with Gasteiger partial charge >= 0.3 is 0 Å². The monoisotopic (exact) mass is 547 g/mol. The number of hydrogen-bond acceptors (Lipinski definition) is 4. The van der Waals surface area contributed by atoms with Gasteiger partial charge < -0.3 is 14.4 Å².